The summed E-state index contributed by atoms with van der Waals surface area (Å²) in [6, 6.07) is 10.9. The molecule has 9 heteroatoms. The van der Waals surface area contributed by atoms with Gasteiger partial charge in [0.15, 0.2) is 5.65 Å². The van der Waals surface area contributed by atoms with Crippen molar-refractivity contribution in [2.75, 3.05) is 20.3 Å². The SMILES string of the molecule is COCCNC(=O)c1cc(-n2ncc3cc(Oc4ccccc4Cl)cnc32)c(C)s1. The van der Waals surface area contributed by atoms with Gasteiger partial charge in [-0.25, -0.2) is 9.67 Å². The third kappa shape index (κ3) is 4.16. The predicted octanol–water partition coefficient (Wildman–Crippen LogP) is 4.61. The topological polar surface area (TPSA) is 78.3 Å². The number of carbonyl (C=O) groups excluding carboxylic acids is 1. The van der Waals surface area contributed by atoms with E-state index in [4.69, 9.17) is 21.1 Å². The van der Waals surface area contributed by atoms with Gasteiger partial charge in [0.25, 0.3) is 5.91 Å². The minimum Gasteiger partial charge on any atom is -0.454 e. The number of halogens is 1. The van der Waals surface area contributed by atoms with E-state index < -0.39 is 0 Å². The first-order valence-electron chi connectivity index (χ1n) is 9.21. The number of nitrogens with one attached hydrogen (secondary N) is 1. The molecule has 0 aliphatic rings. The van der Waals surface area contributed by atoms with Crippen LogP contribution in [0, 0.1) is 6.92 Å². The standard InChI is InChI=1S/C21H19ClN4O3S/c1-13-17(10-19(30-13)21(27)23-7-8-28-2)26-20-14(11-25-26)9-15(12-24-20)29-18-6-4-3-5-16(18)22/h3-6,9-12H,7-8H2,1-2H3,(H,23,27). The molecule has 0 bridgehead atoms. The molecular formula is C21H19ClN4O3S. The molecule has 0 aliphatic carbocycles. The van der Waals surface area contributed by atoms with Crippen molar-refractivity contribution in [3.05, 3.63) is 63.6 Å². The summed E-state index contributed by atoms with van der Waals surface area (Å²) in [5.74, 6) is 0.993. The van der Waals surface area contributed by atoms with Crippen LogP contribution < -0.4 is 10.1 Å². The lowest BCUT2D eigenvalue weighted by Gasteiger charge is -2.07. The molecule has 0 saturated heterocycles. The maximum Gasteiger partial charge on any atom is 0.261 e. The van der Waals surface area contributed by atoms with E-state index in [1.54, 1.807) is 36.3 Å². The van der Waals surface area contributed by atoms with Crippen LogP contribution in [0.15, 0.2) is 48.8 Å². The van der Waals surface area contributed by atoms with Crippen molar-refractivity contribution in [3.63, 3.8) is 0 Å². The van der Waals surface area contributed by atoms with Crippen LogP contribution in [0.5, 0.6) is 11.5 Å². The number of carbonyl (C=O) groups is 1. The fraction of sp³-hybridized carbons (Fsp3) is 0.190. The van der Waals surface area contributed by atoms with E-state index in [0.717, 1.165) is 16.0 Å². The first kappa shape index (κ1) is 20.3. The molecule has 3 aromatic heterocycles. The molecule has 4 rings (SSSR count). The Morgan fingerprint density at radius 2 is 2.10 bits per heavy atom. The molecule has 0 aliphatic heterocycles. The van der Waals surface area contributed by atoms with Gasteiger partial charge in [-0.05, 0) is 31.2 Å². The molecular weight excluding hydrogens is 424 g/mol. The third-order valence-corrected chi connectivity index (χ3v) is 5.73. The molecule has 1 N–H and O–H groups in total. The summed E-state index contributed by atoms with van der Waals surface area (Å²) in [7, 11) is 1.60. The van der Waals surface area contributed by atoms with Crippen molar-refractivity contribution >= 4 is 39.9 Å². The Labute approximate surface area is 182 Å². The van der Waals surface area contributed by atoms with E-state index in [-0.39, 0.29) is 5.91 Å². The maximum absolute atomic E-state index is 12.3. The normalized spacial score (nSPS) is 11.0. The van der Waals surface area contributed by atoms with Gasteiger partial charge in [0.05, 0.1) is 34.6 Å². The monoisotopic (exact) mass is 442 g/mol. The number of methoxy groups -OCH3 is 1. The van der Waals surface area contributed by atoms with Crippen LogP contribution in [-0.4, -0.2) is 40.9 Å². The highest BCUT2D eigenvalue weighted by molar-refractivity contribution is 7.14. The highest BCUT2D eigenvalue weighted by Gasteiger charge is 2.16. The molecule has 0 saturated carbocycles. The number of aromatic nitrogens is 3. The van der Waals surface area contributed by atoms with E-state index in [1.807, 2.05) is 31.2 Å². The highest BCUT2D eigenvalue weighted by atomic mass is 35.5. The van der Waals surface area contributed by atoms with Gasteiger partial charge >= 0.3 is 0 Å². The first-order chi connectivity index (χ1) is 14.6. The number of nitrogens with zero attached hydrogens (tertiary/aromatic N) is 3. The number of benzene rings is 1. The van der Waals surface area contributed by atoms with Gasteiger partial charge in [-0.15, -0.1) is 11.3 Å². The van der Waals surface area contributed by atoms with E-state index in [1.165, 1.54) is 11.3 Å². The van der Waals surface area contributed by atoms with Crippen molar-refractivity contribution in [3.8, 4) is 17.2 Å². The molecule has 4 aromatic rings. The minimum atomic E-state index is -0.133. The molecule has 3 heterocycles. The molecule has 0 atom stereocenters. The van der Waals surface area contributed by atoms with Crippen molar-refractivity contribution in [2.45, 2.75) is 6.92 Å². The Kier molecular flexibility index (Phi) is 5.98. The second-order valence-electron chi connectivity index (χ2n) is 6.47. The van der Waals surface area contributed by atoms with Gasteiger partial charge in [0.1, 0.15) is 11.5 Å². The quantitative estimate of drug-likeness (QED) is 0.423. The van der Waals surface area contributed by atoms with Crippen LogP contribution in [0.25, 0.3) is 16.7 Å². The number of para-hydroxylation sites is 1. The second-order valence-corrected chi connectivity index (χ2v) is 8.14. The number of aryl methyl sites for hydroxylation is 1. The van der Waals surface area contributed by atoms with Crippen LogP contribution in [0.1, 0.15) is 14.5 Å². The third-order valence-electron chi connectivity index (χ3n) is 4.38. The van der Waals surface area contributed by atoms with Crippen molar-refractivity contribution in [1.29, 1.82) is 0 Å². The lowest BCUT2D eigenvalue weighted by molar-refractivity contribution is 0.0941. The molecule has 0 fully saturated rings. The van der Waals surface area contributed by atoms with Gasteiger partial charge in [0, 0.05) is 23.9 Å². The fourth-order valence-corrected chi connectivity index (χ4v) is 4.03. The van der Waals surface area contributed by atoms with Gasteiger partial charge in [-0.1, -0.05) is 23.7 Å². The molecule has 0 unspecified atom stereocenters. The minimum absolute atomic E-state index is 0.133. The van der Waals surface area contributed by atoms with E-state index >= 15 is 0 Å². The summed E-state index contributed by atoms with van der Waals surface area (Å²) in [6.07, 6.45) is 3.35. The van der Waals surface area contributed by atoms with Gasteiger partial charge in [-0.3, -0.25) is 4.79 Å². The Balaban J connectivity index is 1.60. The van der Waals surface area contributed by atoms with Crippen LogP contribution in [-0.2, 0) is 4.74 Å². The lowest BCUT2D eigenvalue weighted by Crippen LogP contribution is -2.26. The summed E-state index contributed by atoms with van der Waals surface area (Å²) in [4.78, 5) is 18.4. The molecule has 0 radical (unpaired) electrons. The van der Waals surface area contributed by atoms with Crippen LogP contribution in [0.2, 0.25) is 5.02 Å². The Morgan fingerprint density at radius 3 is 2.90 bits per heavy atom. The maximum atomic E-state index is 12.3. The Bertz CT molecular complexity index is 1200. The van der Waals surface area contributed by atoms with Crippen molar-refractivity contribution < 1.29 is 14.3 Å². The molecule has 154 valence electrons. The number of pyridine rings is 1. The van der Waals surface area contributed by atoms with Crippen molar-refractivity contribution in [1.82, 2.24) is 20.1 Å². The molecule has 1 aromatic carbocycles. The average molecular weight is 443 g/mol. The summed E-state index contributed by atoms with van der Waals surface area (Å²) < 4.78 is 12.5. The van der Waals surface area contributed by atoms with Gasteiger partial charge < -0.3 is 14.8 Å². The van der Waals surface area contributed by atoms with Gasteiger partial charge in [-0.2, -0.15) is 5.10 Å². The Morgan fingerprint density at radius 1 is 1.27 bits per heavy atom. The lowest BCUT2D eigenvalue weighted by atomic mass is 10.3. The number of amides is 1. The predicted molar refractivity (Wildman–Crippen MR) is 117 cm³/mol. The number of fused-ring (bicyclic) bond motifs is 1. The number of rotatable bonds is 7. The number of thiophene rings is 1. The van der Waals surface area contributed by atoms with Crippen molar-refractivity contribution in [2.24, 2.45) is 0 Å². The number of hydrogen-bond donors (Lipinski definition) is 1. The smallest absolute Gasteiger partial charge is 0.261 e. The van der Waals surface area contributed by atoms with E-state index in [9.17, 15) is 4.79 Å². The van der Waals surface area contributed by atoms with Crippen LogP contribution in [0.4, 0.5) is 0 Å². The Hall–Kier alpha value is -2.94. The zero-order valence-electron chi connectivity index (χ0n) is 16.4. The highest BCUT2D eigenvalue weighted by Crippen LogP contribution is 2.31. The summed E-state index contributed by atoms with van der Waals surface area (Å²) >= 11 is 7.57. The second kappa shape index (κ2) is 8.83. The summed E-state index contributed by atoms with van der Waals surface area (Å²) in [6.45, 7) is 2.88. The largest absolute Gasteiger partial charge is 0.454 e. The molecule has 1 amide bonds. The number of hydrogen-bond acceptors (Lipinski definition) is 6. The summed E-state index contributed by atoms with van der Waals surface area (Å²) in [5, 5.41) is 8.64. The molecule has 0 spiro atoms. The molecule has 30 heavy (non-hydrogen) atoms. The van der Waals surface area contributed by atoms with E-state index in [2.05, 4.69) is 15.4 Å². The van der Waals surface area contributed by atoms with E-state index in [0.29, 0.717) is 40.2 Å². The first-order valence-corrected chi connectivity index (χ1v) is 10.4. The number of ether oxygens (including phenoxy) is 2. The average Bonchev–Trinajstić information content (AvgIpc) is 3.32. The van der Waals surface area contributed by atoms with Gasteiger partial charge in [0.2, 0.25) is 0 Å². The van der Waals surface area contributed by atoms with Crippen LogP contribution in [0.3, 0.4) is 0 Å². The zero-order chi connectivity index (χ0) is 21.1. The molecule has 7 nitrogen and oxygen atoms in total. The summed E-state index contributed by atoms with van der Waals surface area (Å²) in [5.41, 5.74) is 1.49. The fourth-order valence-electron chi connectivity index (χ4n) is 2.94. The zero-order valence-corrected chi connectivity index (χ0v) is 18.0. The van der Waals surface area contributed by atoms with Crippen LogP contribution >= 0.6 is 22.9 Å².